The molecular formula is C11H12N2. The molecule has 2 nitrogen and oxygen atoms in total. The quantitative estimate of drug-likeness (QED) is 0.651. The van der Waals surface area contributed by atoms with E-state index < -0.39 is 0 Å². The summed E-state index contributed by atoms with van der Waals surface area (Å²) in [4.78, 5) is 0. The van der Waals surface area contributed by atoms with E-state index in [1.54, 1.807) is 0 Å². The van der Waals surface area contributed by atoms with Crippen LogP contribution in [0.5, 0.6) is 0 Å². The number of fused-ring (bicyclic) bond motifs is 1. The summed E-state index contributed by atoms with van der Waals surface area (Å²) in [6, 6.07) is 8.08. The Kier molecular flexibility index (Phi) is 1.56. The minimum atomic E-state index is 0.0850. The van der Waals surface area contributed by atoms with Gasteiger partial charge in [0.15, 0.2) is 0 Å². The maximum Gasteiger partial charge on any atom is 0.0995 e. The van der Waals surface area contributed by atoms with E-state index in [2.05, 4.69) is 25.2 Å². The van der Waals surface area contributed by atoms with Crippen molar-refractivity contribution in [2.45, 2.75) is 19.3 Å². The van der Waals surface area contributed by atoms with Crippen LogP contribution in [-0.2, 0) is 5.41 Å². The Labute approximate surface area is 78.2 Å². The maximum absolute atomic E-state index is 8.96. The summed E-state index contributed by atoms with van der Waals surface area (Å²) in [7, 11) is 0. The monoisotopic (exact) mass is 172 g/mol. The zero-order chi connectivity index (χ0) is 9.47. The number of nitrogens with one attached hydrogen (secondary N) is 1. The van der Waals surface area contributed by atoms with Gasteiger partial charge >= 0.3 is 0 Å². The van der Waals surface area contributed by atoms with E-state index in [4.69, 9.17) is 5.26 Å². The standard InChI is InChI=1S/C11H12N2/c1-11(2)7-13-9-5-3-4-8(6-12)10(9)11/h3-5,13H,7H2,1-2H3. The highest BCUT2D eigenvalue weighted by Gasteiger charge is 2.31. The second-order valence-corrected chi connectivity index (χ2v) is 4.08. The van der Waals surface area contributed by atoms with Crippen molar-refractivity contribution in [3.8, 4) is 6.07 Å². The lowest BCUT2D eigenvalue weighted by atomic mass is 9.84. The van der Waals surface area contributed by atoms with Crippen LogP contribution in [-0.4, -0.2) is 6.54 Å². The second kappa shape index (κ2) is 2.50. The van der Waals surface area contributed by atoms with E-state index in [1.807, 2.05) is 18.2 Å². The molecule has 0 spiro atoms. The largest absolute Gasteiger partial charge is 0.384 e. The Hall–Kier alpha value is -1.49. The molecule has 1 aliphatic heterocycles. The van der Waals surface area contributed by atoms with Crippen molar-refractivity contribution in [2.24, 2.45) is 0 Å². The van der Waals surface area contributed by atoms with Gasteiger partial charge in [-0.2, -0.15) is 5.26 Å². The fraction of sp³-hybridized carbons (Fsp3) is 0.364. The van der Waals surface area contributed by atoms with Crippen LogP contribution in [0.4, 0.5) is 5.69 Å². The molecule has 0 aromatic heterocycles. The number of nitrogens with zero attached hydrogens (tertiary/aromatic N) is 1. The molecule has 13 heavy (non-hydrogen) atoms. The third-order valence-electron chi connectivity index (χ3n) is 2.58. The number of nitriles is 1. The van der Waals surface area contributed by atoms with Gasteiger partial charge in [0.05, 0.1) is 11.6 Å². The topological polar surface area (TPSA) is 35.8 Å². The van der Waals surface area contributed by atoms with Gasteiger partial charge in [-0.25, -0.2) is 0 Å². The van der Waals surface area contributed by atoms with Crippen LogP contribution in [0.2, 0.25) is 0 Å². The van der Waals surface area contributed by atoms with Crippen LogP contribution in [0, 0.1) is 11.3 Å². The van der Waals surface area contributed by atoms with E-state index in [9.17, 15) is 0 Å². The highest BCUT2D eigenvalue weighted by molar-refractivity contribution is 5.65. The first-order valence-electron chi connectivity index (χ1n) is 4.42. The molecule has 1 aromatic carbocycles. The molecule has 0 fully saturated rings. The van der Waals surface area contributed by atoms with Crippen molar-refractivity contribution in [1.82, 2.24) is 0 Å². The zero-order valence-corrected chi connectivity index (χ0v) is 7.89. The average Bonchev–Trinajstić information content (AvgIpc) is 2.43. The molecule has 66 valence electrons. The highest BCUT2D eigenvalue weighted by atomic mass is 14.9. The minimum absolute atomic E-state index is 0.0850. The van der Waals surface area contributed by atoms with Crippen LogP contribution >= 0.6 is 0 Å². The normalized spacial score (nSPS) is 17.3. The van der Waals surface area contributed by atoms with Crippen molar-refractivity contribution in [2.75, 3.05) is 11.9 Å². The molecule has 0 saturated heterocycles. The molecule has 1 aromatic rings. The summed E-state index contributed by atoms with van der Waals surface area (Å²) in [5.74, 6) is 0. The molecule has 0 bridgehead atoms. The van der Waals surface area contributed by atoms with E-state index in [-0.39, 0.29) is 5.41 Å². The lowest BCUT2D eigenvalue weighted by Gasteiger charge is -2.17. The number of rotatable bonds is 0. The molecule has 1 N–H and O–H groups in total. The molecule has 0 aliphatic carbocycles. The van der Waals surface area contributed by atoms with Crippen molar-refractivity contribution >= 4 is 5.69 Å². The fourth-order valence-corrected chi connectivity index (χ4v) is 1.93. The summed E-state index contributed by atoms with van der Waals surface area (Å²) in [5, 5.41) is 12.3. The van der Waals surface area contributed by atoms with E-state index >= 15 is 0 Å². The molecule has 2 heteroatoms. The third-order valence-corrected chi connectivity index (χ3v) is 2.58. The van der Waals surface area contributed by atoms with Gasteiger partial charge in [-0.05, 0) is 12.1 Å². The average molecular weight is 172 g/mol. The van der Waals surface area contributed by atoms with Gasteiger partial charge in [-0.1, -0.05) is 19.9 Å². The molecule has 0 saturated carbocycles. The predicted molar refractivity (Wildman–Crippen MR) is 52.7 cm³/mol. The highest BCUT2D eigenvalue weighted by Crippen LogP contribution is 2.38. The summed E-state index contributed by atoms with van der Waals surface area (Å²) in [6.07, 6.45) is 0. The van der Waals surface area contributed by atoms with Crippen molar-refractivity contribution < 1.29 is 0 Å². The molecule has 2 rings (SSSR count). The molecule has 0 amide bonds. The van der Waals surface area contributed by atoms with Gasteiger partial charge in [-0.3, -0.25) is 0 Å². The van der Waals surface area contributed by atoms with Gasteiger partial charge in [0, 0.05) is 23.2 Å². The lowest BCUT2D eigenvalue weighted by molar-refractivity contribution is 0.585. The minimum Gasteiger partial charge on any atom is -0.384 e. The smallest absolute Gasteiger partial charge is 0.0995 e. The Morgan fingerprint density at radius 2 is 2.23 bits per heavy atom. The van der Waals surface area contributed by atoms with Crippen LogP contribution in [0.15, 0.2) is 18.2 Å². The zero-order valence-electron chi connectivity index (χ0n) is 7.89. The third kappa shape index (κ3) is 1.08. The number of anilines is 1. The van der Waals surface area contributed by atoms with Gasteiger partial charge in [0.2, 0.25) is 0 Å². The number of benzene rings is 1. The maximum atomic E-state index is 8.96. The first kappa shape index (κ1) is 8.12. The van der Waals surface area contributed by atoms with Gasteiger partial charge in [-0.15, -0.1) is 0 Å². The molecule has 0 radical (unpaired) electrons. The van der Waals surface area contributed by atoms with Gasteiger partial charge in [0.1, 0.15) is 0 Å². The lowest BCUT2D eigenvalue weighted by Crippen LogP contribution is -2.19. The summed E-state index contributed by atoms with van der Waals surface area (Å²) in [6.45, 7) is 5.24. The summed E-state index contributed by atoms with van der Waals surface area (Å²) >= 11 is 0. The molecule has 0 unspecified atom stereocenters. The van der Waals surface area contributed by atoms with Crippen LogP contribution in [0.1, 0.15) is 25.0 Å². The fourth-order valence-electron chi connectivity index (χ4n) is 1.93. The number of hydrogen-bond acceptors (Lipinski definition) is 2. The van der Waals surface area contributed by atoms with E-state index in [0.29, 0.717) is 0 Å². The van der Waals surface area contributed by atoms with Crippen molar-refractivity contribution in [1.29, 1.82) is 5.26 Å². The van der Waals surface area contributed by atoms with Crippen LogP contribution in [0.25, 0.3) is 0 Å². The Morgan fingerprint density at radius 1 is 1.46 bits per heavy atom. The molecular weight excluding hydrogens is 160 g/mol. The summed E-state index contributed by atoms with van der Waals surface area (Å²) < 4.78 is 0. The SMILES string of the molecule is CC1(C)CNc2cccc(C#N)c21. The van der Waals surface area contributed by atoms with Crippen LogP contribution < -0.4 is 5.32 Å². The van der Waals surface area contributed by atoms with Crippen LogP contribution in [0.3, 0.4) is 0 Å². The first-order valence-corrected chi connectivity index (χ1v) is 4.42. The second-order valence-electron chi connectivity index (χ2n) is 4.08. The molecule has 1 heterocycles. The number of hydrogen-bond donors (Lipinski definition) is 1. The predicted octanol–water partition coefficient (Wildman–Crippen LogP) is 2.26. The Morgan fingerprint density at radius 3 is 2.92 bits per heavy atom. The van der Waals surface area contributed by atoms with Gasteiger partial charge in [0.25, 0.3) is 0 Å². The Bertz CT molecular complexity index is 386. The Balaban J connectivity index is 2.68. The van der Waals surface area contributed by atoms with E-state index in [0.717, 1.165) is 23.4 Å². The summed E-state index contributed by atoms with van der Waals surface area (Å²) in [5.41, 5.74) is 3.16. The molecule has 0 atom stereocenters. The van der Waals surface area contributed by atoms with Crippen molar-refractivity contribution in [3.63, 3.8) is 0 Å². The van der Waals surface area contributed by atoms with Crippen molar-refractivity contribution in [3.05, 3.63) is 29.3 Å². The first-order chi connectivity index (χ1) is 6.15. The molecule has 1 aliphatic rings. The van der Waals surface area contributed by atoms with E-state index in [1.165, 1.54) is 0 Å². The van der Waals surface area contributed by atoms with Gasteiger partial charge < -0.3 is 5.32 Å².